The summed E-state index contributed by atoms with van der Waals surface area (Å²) in [4.78, 5) is 0. The van der Waals surface area contributed by atoms with Crippen molar-refractivity contribution in [3.05, 3.63) is 127 Å². The van der Waals surface area contributed by atoms with Gasteiger partial charge in [-0.25, -0.2) is 0 Å². The van der Waals surface area contributed by atoms with E-state index in [1.54, 1.807) is 0 Å². The fourth-order valence-electron chi connectivity index (χ4n) is 5.45. The van der Waals surface area contributed by atoms with Gasteiger partial charge in [0.1, 0.15) is 22.7 Å². The first kappa shape index (κ1) is 24.0. The van der Waals surface area contributed by atoms with Crippen molar-refractivity contribution in [1.82, 2.24) is 0 Å². The maximum atomic E-state index is 6.68. The summed E-state index contributed by atoms with van der Waals surface area (Å²) in [6.45, 7) is 1.99. The molecule has 4 nitrogen and oxygen atoms in total. The maximum absolute atomic E-state index is 6.68. The minimum atomic E-state index is -0.0307. The molecule has 0 bridgehead atoms. The summed E-state index contributed by atoms with van der Waals surface area (Å²) < 4.78 is 13.3. The number of benzene rings is 5. The Bertz CT molecular complexity index is 1950. The molecule has 2 aromatic heterocycles. The van der Waals surface area contributed by atoms with Crippen LogP contribution >= 0.6 is 0 Å². The van der Waals surface area contributed by atoms with Crippen LogP contribution in [0.25, 0.3) is 66.8 Å². The van der Waals surface area contributed by atoms with Gasteiger partial charge in [0, 0.05) is 44.8 Å². The minimum absolute atomic E-state index is 0.0307. The first-order valence-electron chi connectivity index (χ1n) is 13.4. The predicted octanol–water partition coefficient (Wildman–Crippen LogP) is 9.45. The SMILES string of the molecule is C[C@@H](N)c1ccc(-c2oc3cc4c(-c5ccccc5)c(-c5ccc(N)cc5)oc4cc3c2-c2ccccc2)cc1. The van der Waals surface area contributed by atoms with Crippen LogP contribution in [0, 0.1) is 0 Å². The van der Waals surface area contributed by atoms with Crippen LogP contribution < -0.4 is 11.5 Å². The quantitative estimate of drug-likeness (QED) is 0.222. The lowest BCUT2D eigenvalue weighted by Crippen LogP contribution is -2.04. The highest BCUT2D eigenvalue weighted by Gasteiger charge is 2.23. The topological polar surface area (TPSA) is 78.3 Å². The van der Waals surface area contributed by atoms with Crippen molar-refractivity contribution < 1.29 is 8.83 Å². The van der Waals surface area contributed by atoms with E-state index in [1.807, 2.05) is 55.5 Å². The van der Waals surface area contributed by atoms with Crippen LogP contribution in [0.3, 0.4) is 0 Å². The van der Waals surface area contributed by atoms with E-state index >= 15 is 0 Å². The molecule has 40 heavy (non-hydrogen) atoms. The van der Waals surface area contributed by atoms with Gasteiger partial charge in [-0.3, -0.25) is 0 Å². The molecule has 0 spiro atoms. The predicted molar refractivity (Wildman–Crippen MR) is 165 cm³/mol. The Morgan fingerprint density at radius 2 is 0.950 bits per heavy atom. The molecule has 4 N–H and O–H groups in total. The van der Waals surface area contributed by atoms with E-state index in [9.17, 15) is 0 Å². The Kier molecular flexibility index (Phi) is 5.76. The normalized spacial score (nSPS) is 12.2. The second-order valence-electron chi connectivity index (χ2n) is 10.2. The second kappa shape index (κ2) is 9.60. The highest BCUT2D eigenvalue weighted by atomic mass is 16.3. The van der Waals surface area contributed by atoms with E-state index in [-0.39, 0.29) is 6.04 Å². The molecular formula is C36H28N2O2. The van der Waals surface area contributed by atoms with E-state index < -0.39 is 0 Å². The number of hydrogen-bond donors (Lipinski definition) is 2. The van der Waals surface area contributed by atoms with Gasteiger partial charge in [0.25, 0.3) is 0 Å². The second-order valence-corrected chi connectivity index (χ2v) is 10.2. The fraction of sp³-hybridized carbons (Fsp3) is 0.0556. The average molecular weight is 521 g/mol. The van der Waals surface area contributed by atoms with Crippen LogP contribution in [0.15, 0.2) is 130 Å². The van der Waals surface area contributed by atoms with Gasteiger partial charge in [0.05, 0.1) is 0 Å². The molecule has 4 heteroatoms. The number of rotatable bonds is 5. The van der Waals surface area contributed by atoms with Crippen molar-refractivity contribution >= 4 is 27.6 Å². The molecule has 7 rings (SSSR count). The summed E-state index contributed by atoms with van der Waals surface area (Å²) in [7, 11) is 0. The molecular weight excluding hydrogens is 492 g/mol. The summed E-state index contributed by atoms with van der Waals surface area (Å²) >= 11 is 0. The molecule has 0 unspecified atom stereocenters. The molecule has 5 aromatic carbocycles. The van der Waals surface area contributed by atoms with Gasteiger partial charge in [0.15, 0.2) is 0 Å². The molecule has 0 aliphatic carbocycles. The lowest BCUT2D eigenvalue weighted by Gasteiger charge is -2.07. The number of fused-ring (bicyclic) bond motifs is 2. The van der Waals surface area contributed by atoms with Crippen molar-refractivity contribution in [1.29, 1.82) is 0 Å². The molecule has 0 fully saturated rings. The zero-order valence-electron chi connectivity index (χ0n) is 22.1. The van der Waals surface area contributed by atoms with Crippen LogP contribution in [0.2, 0.25) is 0 Å². The summed E-state index contributed by atoms with van der Waals surface area (Å²) in [5, 5.41) is 2.00. The van der Waals surface area contributed by atoms with Gasteiger partial charge < -0.3 is 20.3 Å². The Hall–Kier alpha value is -5.06. The number of hydrogen-bond acceptors (Lipinski definition) is 4. The molecule has 0 aliphatic rings. The van der Waals surface area contributed by atoms with E-state index in [1.165, 1.54) is 0 Å². The molecule has 0 amide bonds. The maximum Gasteiger partial charge on any atom is 0.143 e. The third-order valence-electron chi connectivity index (χ3n) is 7.50. The molecule has 2 heterocycles. The van der Waals surface area contributed by atoms with Gasteiger partial charge >= 0.3 is 0 Å². The van der Waals surface area contributed by atoms with Crippen LogP contribution in [0.4, 0.5) is 5.69 Å². The highest BCUT2D eigenvalue weighted by molar-refractivity contribution is 6.11. The van der Waals surface area contributed by atoms with Gasteiger partial charge in [0.2, 0.25) is 0 Å². The van der Waals surface area contributed by atoms with Crippen molar-refractivity contribution in [3.63, 3.8) is 0 Å². The molecule has 1 atom stereocenters. The Labute approximate surface area is 232 Å². The summed E-state index contributed by atoms with van der Waals surface area (Å²) in [5.41, 5.74) is 21.7. The first-order valence-corrected chi connectivity index (χ1v) is 13.4. The third kappa shape index (κ3) is 4.06. The van der Waals surface area contributed by atoms with E-state index in [0.29, 0.717) is 5.69 Å². The van der Waals surface area contributed by atoms with Crippen molar-refractivity contribution in [2.24, 2.45) is 5.73 Å². The van der Waals surface area contributed by atoms with Gasteiger partial charge in [-0.2, -0.15) is 0 Å². The highest BCUT2D eigenvalue weighted by Crippen LogP contribution is 2.46. The third-order valence-corrected chi connectivity index (χ3v) is 7.50. The van der Waals surface area contributed by atoms with Gasteiger partial charge in [-0.05, 0) is 60.0 Å². The van der Waals surface area contributed by atoms with E-state index in [0.717, 1.165) is 72.4 Å². The largest absolute Gasteiger partial charge is 0.455 e. The minimum Gasteiger partial charge on any atom is -0.455 e. The van der Waals surface area contributed by atoms with Crippen LogP contribution in [0.1, 0.15) is 18.5 Å². The van der Waals surface area contributed by atoms with Crippen LogP contribution in [-0.2, 0) is 0 Å². The van der Waals surface area contributed by atoms with Crippen molar-refractivity contribution in [2.75, 3.05) is 5.73 Å². The zero-order valence-corrected chi connectivity index (χ0v) is 22.1. The van der Waals surface area contributed by atoms with E-state index in [4.69, 9.17) is 20.3 Å². The van der Waals surface area contributed by atoms with Crippen molar-refractivity contribution in [2.45, 2.75) is 13.0 Å². The lowest BCUT2D eigenvalue weighted by atomic mass is 9.95. The molecule has 0 saturated heterocycles. The van der Waals surface area contributed by atoms with Gasteiger partial charge in [-0.1, -0.05) is 84.9 Å². The van der Waals surface area contributed by atoms with E-state index in [2.05, 4.69) is 72.8 Å². The Morgan fingerprint density at radius 1 is 0.525 bits per heavy atom. The fourth-order valence-corrected chi connectivity index (χ4v) is 5.45. The molecule has 194 valence electrons. The Morgan fingerprint density at radius 3 is 1.38 bits per heavy atom. The smallest absolute Gasteiger partial charge is 0.143 e. The zero-order chi connectivity index (χ0) is 27.2. The number of furan rings is 2. The van der Waals surface area contributed by atoms with Gasteiger partial charge in [-0.15, -0.1) is 0 Å². The molecule has 0 aliphatic heterocycles. The number of nitrogen functional groups attached to an aromatic ring is 1. The molecule has 0 saturated carbocycles. The standard InChI is InChI=1S/C36H28N2O2/c1-22(37)23-12-14-26(15-13-23)35-33(24-8-4-2-5-9-24)29-20-32-30(21-31(29)39-35)34(25-10-6-3-7-11-25)36(40-32)27-16-18-28(38)19-17-27/h2-22H,37-38H2,1H3/t22-/m1/s1. The summed E-state index contributed by atoms with van der Waals surface area (Å²) in [6.07, 6.45) is 0. The van der Waals surface area contributed by atoms with Crippen molar-refractivity contribution in [3.8, 4) is 44.9 Å². The number of nitrogens with two attached hydrogens (primary N) is 2. The average Bonchev–Trinajstić information content (AvgIpc) is 3.55. The first-order chi connectivity index (χ1) is 19.6. The monoisotopic (exact) mass is 520 g/mol. The lowest BCUT2D eigenvalue weighted by molar-refractivity contribution is 0.628. The Balaban J connectivity index is 1.52. The molecule has 0 radical (unpaired) electrons. The van der Waals surface area contributed by atoms with Crippen LogP contribution in [-0.4, -0.2) is 0 Å². The molecule has 7 aromatic rings. The summed E-state index contributed by atoms with van der Waals surface area (Å²) in [5.74, 6) is 1.63. The summed E-state index contributed by atoms with van der Waals surface area (Å²) in [6, 6.07) is 41.0. The number of anilines is 1. The van der Waals surface area contributed by atoms with Crippen LogP contribution in [0.5, 0.6) is 0 Å².